The Bertz CT molecular complexity index is 705. The lowest BCUT2D eigenvalue weighted by molar-refractivity contribution is 0.0975. The van der Waals surface area contributed by atoms with Crippen molar-refractivity contribution in [2.24, 2.45) is 0 Å². The van der Waals surface area contributed by atoms with E-state index in [4.69, 9.17) is 28.6 Å². The third-order valence-electron chi connectivity index (χ3n) is 2.59. The van der Waals surface area contributed by atoms with Crippen molar-refractivity contribution in [3.05, 3.63) is 28.8 Å². The van der Waals surface area contributed by atoms with Gasteiger partial charge < -0.3 is 4.74 Å². The first-order valence-corrected chi connectivity index (χ1v) is 7.05. The molecule has 0 aliphatic rings. The minimum atomic E-state index is -0.459. The number of hydrogen-bond donors (Lipinski definition) is 2. The van der Waals surface area contributed by atoms with E-state index < -0.39 is 5.91 Å². The maximum Gasteiger partial charge on any atom is 0.269 e. The number of hydrogen-bond acceptors (Lipinski definition) is 6. The Morgan fingerprint density at radius 2 is 2.27 bits per heavy atom. The molecule has 0 radical (unpaired) electrons. The Kier molecular flexibility index (Phi) is 5.23. The van der Waals surface area contributed by atoms with Gasteiger partial charge in [0.1, 0.15) is 5.75 Å². The van der Waals surface area contributed by atoms with Crippen molar-refractivity contribution < 1.29 is 9.53 Å². The zero-order chi connectivity index (χ0) is 16.1. The number of amides is 1. The van der Waals surface area contributed by atoms with Crippen LogP contribution in [-0.4, -0.2) is 38.3 Å². The van der Waals surface area contributed by atoms with Crippen molar-refractivity contribution in [2.75, 3.05) is 12.4 Å². The van der Waals surface area contributed by atoms with Gasteiger partial charge in [0, 0.05) is 5.02 Å². The molecule has 0 unspecified atom stereocenters. The number of nitrogens with one attached hydrogen (secondary N) is 2. The third-order valence-corrected chi connectivity index (χ3v) is 3.03. The van der Waals surface area contributed by atoms with Crippen LogP contribution in [0, 0.1) is 0 Å². The van der Waals surface area contributed by atoms with Gasteiger partial charge >= 0.3 is 0 Å². The van der Waals surface area contributed by atoms with E-state index in [1.165, 1.54) is 18.0 Å². The summed E-state index contributed by atoms with van der Waals surface area (Å²) in [6.07, 6.45) is 0. The van der Waals surface area contributed by atoms with Crippen LogP contribution < -0.4 is 15.4 Å². The summed E-state index contributed by atoms with van der Waals surface area (Å²) in [7, 11) is 1.46. The number of carbonyl (C=O) groups is 1. The third kappa shape index (κ3) is 3.89. The summed E-state index contributed by atoms with van der Waals surface area (Å²) in [5, 5.41) is 17.1. The van der Waals surface area contributed by atoms with Crippen LogP contribution in [0.5, 0.6) is 5.75 Å². The number of rotatable bonds is 4. The number of halogens is 1. The summed E-state index contributed by atoms with van der Waals surface area (Å²) >= 11 is 10.9. The Labute approximate surface area is 136 Å². The Morgan fingerprint density at radius 1 is 1.50 bits per heavy atom. The molecule has 2 aromatic rings. The molecule has 1 aromatic heterocycles. The van der Waals surface area contributed by atoms with Gasteiger partial charge in [-0.3, -0.25) is 15.4 Å². The van der Waals surface area contributed by atoms with Gasteiger partial charge in [-0.1, -0.05) is 16.7 Å². The predicted octanol–water partition coefficient (Wildman–Crippen LogP) is 1.48. The average molecular weight is 341 g/mol. The number of nitrogens with zero attached hydrogens (tertiary/aromatic N) is 4. The first-order chi connectivity index (χ1) is 10.5. The highest BCUT2D eigenvalue weighted by molar-refractivity contribution is 7.80. The van der Waals surface area contributed by atoms with Crippen molar-refractivity contribution in [2.45, 2.75) is 13.5 Å². The number of ether oxygens (including phenoxy) is 1. The number of tetrazole rings is 1. The van der Waals surface area contributed by atoms with Gasteiger partial charge in [-0.25, -0.2) is 0 Å². The zero-order valence-electron chi connectivity index (χ0n) is 11.8. The highest BCUT2D eigenvalue weighted by atomic mass is 35.5. The topological polar surface area (TPSA) is 94.0 Å². The molecule has 1 heterocycles. The van der Waals surface area contributed by atoms with Crippen LogP contribution in [0.15, 0.2) is 18.2 Å². The van der Waals surface area contributed by atoms with Crippen LogP contribution in [0.3, 0.4) is 0 Å². The SMILES string of the molecule is CCn1nnc(NC(=S)NC(=O)c2cc(Cl)ccc2OC)n1. The second-order valence-corrected chi connectivity index (χ2v) is 4.90. The quantitative estimate of drug-likeness (QED) is 0.814. The van der Waals surface area contributed by atoms with E-state index in [0.29, 0.717) is 17.3 Å². The normalized spacial score (nSPS) is 10.1. The number of anilines is 1. The highest BCUT2D eigenvalue weighted by Crippen LogP contribution is 2.22. The molecule has 0 spiro atoms. The lowest BCUT2D eigenvalue weighted by Gasteiger charge is -2.10. The van der Waals surface area contributed by atoms with Crippen molar-refractivity contribution >= 4 is 40.8 Å². The fraction of sp³-hybridized carbons (Fsp3) is 0.250. The predicted molar refractivity (Wildman–Crippen MR) is 85.2 cm³/mol. The maximum atomic E-state index is 12.2. The second-order valence-electron chi connectivity index (χ2n) is 4.05. The minimum Gasteiger partial charge on any atom is -0.496 e. The van der Waals surface area contributed by atoms with Gasteiger partial charge in [0.05, 0.1) is 19.2 Å². The molecule has 0 bridgehead atoms. The standard InChI is InChI=1S/C12H13ClN6O2S/c1-3-19-17-11(16-18-19)15-12(22)14-10(20)8-6-7(13)4-5-9(8)21-2/h4-6H,3H2,1-2H3,(H2,14,15,17,20,22). The van der Waals surface area contributed by atoms with Crippen molar-refractivity contribution in [3.8, 4) is 5.75 Å². The molecule has 10 heteroatoms. The molecule has 22 heavy (non-hydrogen) atoms. The first kappa shape index (κ1) is 16.1. The lowest BCUT2D eigenvalue weighted by Crippen LogP contribution is -2.34. The van der Waals surface area contributed by atoms with Crippen LogP contribution in [-0.2, 0) is 6.54 Å². The molecule has 0 atom stereocenters. The van der Waals surface area contributed by atoms with Gasteiger partial charge in [0.2, 0.25) is 0 Å². The number of benzene rings is 1. The molecule has 0 fully saturated rings. The Balaban J connectivity index is 2.05. The van der Waals surface area contributed by atoms with Crippen molar-refractivity contribution in [3.63, 3.8) is 0 Å². The number of aryl methyl sites for hydroxylation is 1. The summed E-state index contributed by atoms with van der Waals surface area (Å²) < 4.78 is 5.12. The fourth-order valence-electron chi connectivity index (χ4n) is 1.59. The molecule has 0 aliphatic carbocycles. The van der Waals surface area contributed by atoms with Crippen molar-refractivity contribution in [1.29, 1.82) is 0 Å². The molecule has 1 aromatic carbocycles. The lowest BCUT2D eigenvalue weighted by atomic mass is 10.2. The summed E-state index contributed by atoms with van der Waals surface area (Å²) in [6, 6.07) is 4.72. The zero-order valence-corrected chi connectivity index (χ0v) is 13.4. The molecule has 0 saturated heterocycles. The smallest absolute Gasteiger partial charge is 0.269 e. The van der Waals surface area contributed by atoms with Gasteiger partial charge in [-0.15, -0.1) is 5.10 Å². The number of carbonyl (C=O) groups excluding carboxylic acids is 1. The van der Waals surface area contributed by atoms with Crippen LogP contribution in [0.1, 0.15) is 17.3 Å². The Morgan fingerprint density at radius 3 is 2.91 bits per heavy atom. The summed E-state index contributed by atoms with van der Waals surface area (Å²) in [5.74, 6) is 0.129. The van der Waals surface area contributed by atoms with Gasteiger partial charge in [-0.2, -0.15) is 4.80 Å². The van der Waals surface area contributed by atoms with Crippen molar-refractivity contribution in [1.82, 2.24) is 25.5 Å². The monoisotopic (exact) mass is 340 g/mol. The highest BCUT2D eigenvalue weighted by Gasteiger charge is 2.15. The molecular formula is C12H13ClN6O2S. The van der Waals surface area contributed by atoms with Crippen LogP contribution >= 0.6 is 23.8 Å². The molecule has 1 amide bonds. The van der Waals surface area contributed by atoms with E-state index in [-0.39, 0.29) is 16.6 Å². The van der Waals surface area contributed by atoms with E-state index in [2.05, 4.69) is 26.0 Å². The molecule has 2 rings (SSSR count). The number of aromatic nitrogens is 4. The summed E-state index contributed by atoms with van der Waals surface area (Å²) in [5.41, 5.74) is 0.268. The van der Waals surface area contributed by atoms with Gasteiger partial charge in [0.15, 0.2) is 5.11 Å². The molecule has 0 aliphatic heterocycles. The molecule has 116 valence electrons. The van der Waals surface area contributed by atoms with E-state index >= 15 is 0 Å². The largest absolute Gasteiger partial charge is 0.496 e. The van der Waals surface area contributed by atoms with Crippen LogP contribution in [0.4, 0.5) is 5.95 Å². The summed E-state index contributed by atoms with van der Waals surface area (Å²) in [6.45, 7) is 2.45. The Hall–Kier alpha value is -2.26. The number of methoxy groups -OCH3 is 1. The molecule has 8 nitrogen and oxygen atoms in total. The molecule has 2 N–H and O–H groups in total. The number of thiocarbonyl (C=S) groups is 1. The van der Waals surface area contributed by atoms with E-state index in [1.54, 1.807) is 12.1 Å². The second kappa shape index (κ2) is 7.14. The molecular weight excluding hydrogens is 328 g/mol. The van der Waals surface area contributed by atoms with Crippen LogP contribution in [0.25, 0.3) is 0 Å². The van der Waals surface area contributed by atoms with E-state index in [9.17, 15) is 4.79 Å². The van der Waals surface area contributed by atoms with E-state index in [0.717, 1.165) is 0 Å². The fourth-order valence-corrected chi connectivity index (χ4v) is 1.94. The summed E-state index contributed by atoms with van der Waals surface area (Å²) in [4.78, 5) is 13.6. The van der Waals surface area contributed by atoms with Gasteiger partial charge in [0.25, 0.3) is 11.9 Å². The minimum absolute atomic E-state index is 0.0441. The van der Waals surface area contributed by atoms with Crippen LogP contribution in [0.2, 0.25) is 5.02 Å². The first-order valence-electron chi connectivity index (χ1n) is 6.27. The van der Waals surface area contributed by atoms with Gasteiger partial charge in [-0.05, 0) is 42.6 Å². The maximum absolute atomic E-state index is 12.2. The van der Waals surface area contributed by atoms with E-state index in [1.807, 2.05) is 6.92 Å². The molecule has 0 saturated carbocycles. The average Bonchev–Trinajstić information content (AvgIpc) is 2.94.